The van der Waals surface area contributed by atoms with E-state index in [1.165, 1.54) is 0 Å². The summed E-state index contributed by atoms with van der Waals surface area (Å²) in [5.74, 6) is 1.78. The zero-order valence-corrected chi connectivity index (χ0v) is 20.7. The summed E-state index contributed by atoms with van der Waals surface area (Å²) in [7, 11) is 3.77. The van der Waals surface area contributed by atoms with Gasteiger partial charge in [0.25, 0.3) is 0 Å². The molecule has 0 aromatic carbocycles. The number of H-pyrrole nitrogens is 1. The number of hydrogen-bond donors (Lipinski definition) is 2. The smallest absolute Gasteiger partial charge is 0.324 e. The number of carbonyl (C=O) groups is 2. The molecule has 4 bridgehead atoms. The topological polar surface area (TPSA) is 128 Å². The van der Waals surface area contributed by atoms with Crippen molar-refractivity contribution >= 4 is 11.9 Å². The van der Waals surface area contributed by atoms with Gasteiger partial charge in [-0.05, 0) is 88.6 Å². The lowest BCUT2D eigenvalue weighted by Gasteiger charge is -2.62. The van der Waals surface area contributed by atoms with Crippen molar-refractivity contribution in [3.05, 3.63) is 18.2 Å². The number of likely N-dealkylation sites (N-methyl/N-ethyl adjacent to an activating group) is 1. The summed E-state index contributed by atoms with van der Waals surface area (Å²) >= 11 is 0. The molecule has 9 heteroatoms. The minimum Gasteiger partial charge on any atom is -0.458 e. The van der Waals surface area contributed by atoms with E-state index in [9.17, 15) is 14.9 Å². The van der Waals surface area contributed by atoms with E-state index in [4.69, 9.17) is 10.5 Å². The van der Waals surface area contributed by atoms with Crippen molar-refractivity contribution in [3.8, 4) is 6.07 Å². The van der Waals surface area contributed by atoms with Gasteiger partial charge >= 0.3 is 5.97 Å². The highest BCUT2D eigenvalue weighted by atomic mass is 16.6. The number of imidazole rings is 1. The number of esters is 1. The Balaban J connectivity index is 1.22. The lowest BCUT2D eigenvalue weighted by molar-refractivity contribution is -0.209. The Bertz CT molecular complexity index is 1030. The highest BCUT2D eigenvalue weighted by Crippen LogP contribution is 2.64. The third kappa shape index (κ3) is 3.77. The fourth-order valence-corrected chi connectivity index (χ4v) is 8.39. The number of amides is 1. The van der Waals surface area contributed by atoms with Crippen molar-refractivity contribution in [3.63, 3.8) is 0 Å². The highest BCUT2D eigenvalue weighted by molar-refractivity contribution is 5.84. The maximum absolute atomic E-state index is 13.7. The molecular weight excluding hydrogens is 444 g/mol. The number of nitriles is 1. The molecule has 9 atom stereocenters. The van der Waals surface area contributed by atoms with Gasteiger partial charge in [-0.25, -0.2) is 4.98 Å². The fourth-order valence-electron chi connectivity index (χ4n) is 8.39. The zero-order chi connectivity index (χ0) is 24.5. The normalized spacial score (nSPS) is 40.3. The van der Waals surface area contributed by atoms with E-state index < -0.39 is 17.7 Å². The molecule has 35 heavy (non-hydrogen) atoms. The SMILES string of the molecule is CN(C)C(Cc1ncc[nH]1)C(=O)OC12CC3C[C@H](C1)CC([C@H](N)C(=O)N1C4CC4C[C@H]1C#N)(C3)C2. The van der Waals surface area contributed by atoms with Crippen LogP contribution in [-0.2, 0) is 20.7 Å². The molecule has 1 aliphatic heterocycles. The molecule has 0 radical (unpaired) electrons. The molecule has 6 aliphatic rings. The Morgan fingerprint density at radius 2 is 2.03 bits per heavy atom. The van der Waals surface area contributed by atoms with Crippen LogP contribution in [0.5, 0.6) is 0 Å². The maximum atomic E-state index is 13.7. The van der Waals surface area contributed by atoms with Gasteiger partial charge in [0.15, 0.2) is 0 Å². The maximum Gasteiger partial charge on any atom is 0.324 e. The van der Waals surface area contributed by atoms with Gasteiger partial charge in [0.05, 0.1) is 12.1 Å². The summed E-state index contributed by atoms with van der Waals surface area (Å²) in [6.45, 7) is 0. The molecule has 1 amide bonds. The first-order valence-electron chi connectivity index (χ1n) is 13.1. The summed E-state index contributed by atoms with van der Waals surface area (Å²) in [5, 5.41) is 9.62. The number of fused-ring (bicyclic) bond motifs is 1. The summed E-state index contributed by atoms with van der Waals surface area (Å²) in [4.78, 5) is 38.3. The van der Waals surface area contributed by atoms with E-state index in [2.05, 4.69) is 16.0 Å². The number of piperidine rings is 1. The molecular formula is C26H36N6O3. The molecule has 3 N–H and O–H groups in total. The molecule has 1 aromatic rings. The number of aromatic nitrogens is 2. The van der Waals surface area contributed by atoms with Crippen LogP contribution in [0.1, 0.15) is 57.2 Å². The number of likely N-dealkylation sites (tertiary alicyclic amines) is 1. The van der Waals surface area contributed by atoms with Gasteiger partial charge in [-0.1, -0.05) is 0 Å². The van der Waals surface area contributed by atoms with Crippen LogP contribution in [-0.4, -0.2) is 75.5 Å². The summed E-state index contributed by atoms with van der Waals surface area (Å²) in [6.07, 6.45) is 11.0. The second-order valence-electron chi connectivity index (χ2n) is 12.3. The lowest BCUT2D eigenvalue weighted by Crippen LogP contribution is -2.66. The highest BCUT2D eigenvalue weighted by Gasteiger charge is 2.64. The molecule has 1 saturated heterocycles. The van der Waals surface area contributed by atoms with Gasteiger partial charge in [0.1, 0.15) is 23.5 Å². The molecule has 5 saturated carbocycles. The Morgan fingerprint density at radius 3 is 2.66 bits per heavy atom. The Kier molecular flexibility index (Phi) is 5.28. The number of hydrogen-bond acceptors (Lipinski definition) is 7. The van der Waals surface area contributed by atoms with E-state index in [-0.39, 0.29) is 29.4 Å². The van der Waals surface area contributed by atoms with Crippen LogP contribution in [0.15, 0.2) is 12.4 Å². The average Bonchev–Trinajstić information content (AvgIpc) is 3.19. The van der Waals surface area contributed by atoms with Crippen molar-refractivity contribution in [2.75, 3.05) is 14.1 Å². The molecule has 5 aliphatic carbocycles. The minimum absolute atomic E-state index is 0.0611. The van der Waals surface area contributed by atoms with Gasteiger partial charge in [0, 0.05) is 24.9 Å². The Labute approximate surface area is 206 Å². The van der Waals surface area contributed by atoms with Crippen LogP contribution in [0, 0.1) is 34.5 Å². The number of nitrogens with one attached hydrogen (secondary N) is 1. The van der Waals surface area contributed by atoms with Crippen molar-refractivity contribution < 1.29 is 14.3 Å². The van der Waals surface area contributed by atoms with Gasteiger partial charge in [-0.3, -0.25) is 14.5 Å². The van der Waals surface area contributed by atoms with E-state index in [1.54, 1.807) is 17.3 Å². The quantitative estimate of drug-likeness (QED) is 0.567. The Hall–Kier alpha value is -2.44. The molecule has 6 fully saturated rings. The van der Waals surface area contributed by atoms with Gasteiger partial charge in [-0.2, -0.15) is 5.26 Å². The van der Waals surface area contributed by atoms with E-state index in [0.29, 0.717) is 30.6 Å². The zero-order valence-electron chi connectivity index (χ0n) is 20.7. The predicted molar refractivity (Wildman–Crippen MR) is 126 cm³/mol. The molecule has 9 nitrogen and oxygen atoms in total. The number of carbonyl (C=O) groups excluding carboxylic acids is 2. The van der Waals surface area contributed by atoms with Crippen molar-refractivity contribution in [1.82, 2.24) is 19.8 Å². The third-order valence-electron chi connectivity index (χ3n) is 9.64. The molecule has 2 heterocycles. The summed E-state index contributed by atoms with van der Waals surface area (Å²) in [6, 6.07) is 1.09. The number of rotatable bonds is 7. The standard InChI is InChI=1S/C26H36N6O3/c1-31(2)20(8-21-29-3-4-30-21)24(34)35-26-11-15-5-16(12-26)10-25(9-15,14-26)22(28)23(33)32-18(13-27)6-17-7-19(17)32/h3-4,15-20,22H,5-12,14,28H2,1-2H3,(H,29,30)/t15-,16?,17?,18-,19?,20?,22+,25?,26?/m0/s1. The van der Waals surface area contributed by atoms with Crippen LogP contribution < -0.4 is 5.73 Å². The van der Waals surface area contributed by atoms with Crippen LogP contribution in [0.4, 0.5) is 0 Å². The number of aromatic amines is 1. The predicted octanol–water partition coefficient (Wildman–Crippen LogP) is 1.60. The number of nitrogens with two attached hydrogens (primary N) is 1. The number of nitrogens with zero attached hydrogens (tertiary/aromatic N) is 4. The van der Waals surface area contributed by atoms with Crippen molar-refractivity contribution in [2.45, 2.75) is 87.6 Å². The molecule has 6 unspecified atom stereocenters. The lowest BCUT2D eigenvalue weighted by atomic mass is 9.46. The first-order valence-corrected chi connectivity index (χ1v) is 13.1. The molecule has 1 aromatic heterocycles. The molecule has 0 spiro atoms. The van der Waals surface area contributed by atoms with E-state index in [0.717, 1.165) is 50.8 Å². The van der Waals surface area contributed by atoms with Crippen LogP contribution in [0.25, 0.3) is 0 Å². The first-order chi connectivity index (χ1) is 16.7. The van der Waals surface area contributed by atoms with E-state index in [1.807, 2.05) is 19.0 Å². The summed E-state index contributed by atoms with van der Waals surface area (Å²) in [5.41, 5.74) is 5.90. The van der Waals surface area contributed by atoms with Gasteiger partial charge in [0.2, 0.25) is 5.91 Å². The van der Waals surface area contributed by atoms with Crippen LogP contribution in [0.2, 0.25) is 0 Å². The number of ether oxygens (including phenoxy) is 1. The Morgan fingerprint density at radius 1 is 1.29 bits per heavy atom. The second-order valence-corrected chi connectivity index (χ2v) is 12.3. The first kappa shape index (κ1) is 23.0. The van der Waals surface area contributed by atoms with Crippen LogP contribution >= 0.6 is 0 Å². The summed E-state index contributed by atoms with van der Waals surface area (Å²) < 4.78 is 6.42. The third-order valence-corrected chi connectivity index (χ3v) is 9.64. The van der Waals surface area contributed by atoms with E-state index >= 15 is 0 Å². The largest absolute Gasteiger partial charge is 0.458 e. The molecule has 188 valence electrons. The van der Waals surface area contributed by atoms with Gasteiger partial charge < -0.3 is 20.4 Å². The van der Waals surface area contributed by atoms with Crippen molar-refractivity contribution in [1.29, 1.82) is 5.26 Å². The van der Waals surface area contributed by atoms with Crippen molar-refractivity contribution in [2.24, 2.45) is 28.9 Å². The molecule has 7 rings (SSSR count). The average molecular weight is 481 g/mol. The monoisotopic (exact) mass is 480 g/mol. The minimum atomic E-state index is -0.644. The van der Waals surface area contributed by atoms with Gasteiger partial charge in [-0.15, -0.1) is 0 Å². The van der Waals surface area contributed by atoms with Crippen LogP contribution in [0.3, 0.4) is 0 Å². The fraction of sp³-hybridized carbons (Fsp3) is 0.769. The second kappa shape index (κ2) is 8.04.